The molecule has 1 N–H and O–H groups in total. The molecular formula is C23H32N2O2. The molecule has 1 saturated heterocycles. The molecule has 0 spiro atoms. The summed E-state index contributed by atoms with van der Waals surface area (Å²) in [7, 11) is 0. The van der Waals surface area contributed by atoms with Gasteiger partial charge in [0.2, 0.25) is 5.91 Å². The smallest absolute Gasteiger partial charge is 0.223 e. The number of amides is 1. The Kier molecular flexibility index (Phi) is 5.16. The van der Waals surface area contributed by atoms with E-state index >= 15 is 0 Å². The fourth-order valence-electron chi connectivity index (χ4n) is 5.05. The summed E-state index contributed by atoms with van der Waals surface area (Å²) in [6.45, 7) is 7.22. The van der Waals surface area contributed by atoms with E-state index in [-0.39, 0.29) is 12.0 Å². The van der Waals surface area contributed by atoms with Crippen molar-refractivity contribution in [2.24, 2.45) is 5.92 Å². The average molecular weight is 369 g/mol. The molecule has 1 aliphatic heterocycles. The molecular weight excluding hydrogens is 336 g/mol. The molecule has 4 rings (SSSR count). The number of nitrogens with zero attached hydrogens (tertiary/aromatic N) is 1. The van der Waals surface area contributed by atoms with Crippen molar-refractivity contribution >= 4 is 16.8 Å². The Bertz CT molecular complexity index is 810. The highest BCUT2D eigenvalue weighted by Gasteiger charge is 2.34. The number of carbonyl (C=O) groups excluding carboxylic acids is 1. The van der Waals surface area contributed by atoms with Crippen LogP contribution in [0.5, 0.6) is 5.75 Å². The molecule has 1 aromatic carbocycles. The predicted octanol–water partition coefficient (Wildman–Crippen LogP) is 5.24. The monoisotopic (exact) mass is 368 g/mol. The van der Waals surface area contributed by atoms with Gasteiger partial charge in [-0.1, -0.05) is 25.8 Å². The topological polar surface area (TPSA) is 45.3 Å². The third-order valence-corrected chi connectivity index (χ3v) is 6.37. The van der Waals surface area contributed by atoms with Crippen LogP contribution in [-0.4, -0.2) is 34.5 Å². The number of hydrogen-bond donors (Lipinski definition) is 1. The maximum absolute atomic E-state index is 13.1. The van der Waals surface area contributed by atoms with Crippen LogP contribution in [0.15, 0.2) is 24.4 Å². The Morgan fingerprint density at radius 1 is 1.26 bits per heavy atom. The van der Waals surface area contributed by atoms with Crippen molar-refractivity contribution in [3.63, 3.8) is 0 Å². The van der Waals surface area contributed by atoms with Crippen LogP contribution in [0.4, 0.5) is 0 Å². The number of fused-ring (bicyclic) bond motifs is 3. The number of piperidine rings is 1. The first-order valence-corrected chi connectivity index (χ1v) is 10.6. The molecule has 27 heavy (non-hydrogen) atoms. The first-order valence-electron chi connectivity index (χ1n) is 10.6. The molecule has 3 atom stereocenters. The lowest BCUT2D eigenvalue weighted by molar-refractivity contribution is -0.137. The van der Waals surface area contributed by atoms with Crippen LogP contribution < -0.4 is 4.74 Å². The third kappa shape index (κ3) is 3.71. The van der Waals surface area contributed by atoms with Gasteiger partial charge < -0.3 is 14.6 Å². The lowest BCUT2D eigenvalue weighted by Crippen LogP contribution is -2.48. The first-order chi connectivity index (χ1) is 13.0. The number of H-pyrrole nitrogens is 1. The third-order valence-electron chi connectivity index (χ3n) is 6.37. The number of hydrogen-bond acceptors (Lipinski definition) is 2. The summed E-state index contributed by atoms with van der Waals surface area (Å²) in [6.07, 6.45) is 9.01. The van der Waals surface area contributed by atoms with E-state index < -0.39 is 0 Å². The van der Waals surface area contributed by atoms with Crippen molar-refractivity contribution < 1.29 is 9.53 Å². The second-order valence-electron chi connectivity index (χ2n) is 8.76. The molecule has 3 unspecified atom stereocenters. The molecule has 1 aliphatic carbocycles. The van der Waals surface area contributed by atoms with Gasteiger partial charge in [-0.15, -0.1) is 0 Å². The number of aromatic amines is 1. The highest BCUT2D eigenvalue weighted by molar-refractivity contribution is 5.90. The SMILES string of the molecule is CC(C)Oc1cccc2[nH]cc(C(C)CC(=O)N3CCC4CCCC3C4)c12. The van der Waals surface area contributed by atoms with Crippen LogP contribution in [0.3, 0.4) is 0 Å². The summed E-state index contributed by atoms with van der Waals surface area (Å²) in [4.78, 5) is 18.6. The number of ether oxygens (including phenoxy) is 1. The first kappa shape index (κ1) is 18.4. The van der Waals surface area contributed by atoms with Gasteiger partial charge in [-0.2, -0.15) is 0 Å². The van der Waals surface area contributed by atoms with Crippen molar-refractivity contribution in [3.8, 4) is 5.75 Å². The summed E-state index contributed by atoms with van der Waals surface area (Å²) in [5.41, 5.74) is 2.27. The molecule has 2 aromatic rings. The molecule has 0 radical (unpaired) electrons. The van der Waals surface area contributed by atoms with E-state index in [0.717, 1.165) is 29.1 Å². The minimum absolute atomic E-state index is 0.128. The van der Waals surface area contributed by atoms with Gasteiger partial charge in [-0.3, -0.25) is 4.79 Å². The van der Waals surface area contributed by atoms with Gasteiger partial charge in [0.25, 0.3) is 0 Å². The zero-order chi connectivity index (χ0) is 19.0. The Balaban J connectivity index is 1.52. The van der Waals surface area contributed by atoms with Gasteiger partial charge in [0.05, 0.1) is 6.10 Å². The van der Waals surface area contributed by atoms with Gasteiger partial charge in [-0.25, -0.2) is 0 Å². The van der Waals surface area contributed by atoms with E-state index in [1.807, 2.05) is 26.0 Å². The Morgan fingerprint density at radius 2 is 2.11 bits per heavy atom. The fraction of sp³-hybridized carbons (Fsp3) is 0.609. The Morgan fingerprint density at radius 3 is 2.93 bits per heavy atom. The van der Waals surface area contributed by atoms with Crippen molar-refractivity contribution in [1.82, 2.24) is 9.88 Å². The van der Waals surface area contributed by atoms with Crippen molar-refractivity contribution in [1.29, 1.82) is 0 Å². The minimum atomic E-state index is 0.128. The summed E-state index contributed by atoms with van der Waals surface area (Å²) in [6, 6.07) is 6.61. The summed E-state index contributed by atoms with van der Waals surface area (Å²) >= 11 is 0. The van der Waals surface area contributed by atoms with Crippen LogP contribution in [0.25, 0.3) is 10.9 Å². The van der Waals surface area contributed by atoms with Gasteiger partial charge >= 0.3 is 0 Å². The van der Waals surface area contributed by atoms with Crippen molar-refractivity contribution in [2.75, 3.05) is 6.54 Å². The number of aromatic nitrogens is 1. The number of carbonyl (C=O) groups is 1. The highest BCUT2D eigenvalue weighted by atomic mass is 16.5. The maximum Gasteiger partial charge on any atom is 0.223 e. The maximum atomic E-state index is 13.1. The molecule has 1 aromatic heterocycles. The normalized spacial score (nSPS) is 23.6. The number of likely N-dealkylation sites (tertiary alicyclic amines) is 1. The van der Waals surface area contributed by atoms with Crippen LogP contribution in [0.2, 0.25) is 0 Å². The average Bonchev–Trinajstić information content (AvgIpc) is 3.07. The molecule has 4 nitrogen and oxygen atoms in total. The molecule has 1 saturated carbocycles. The largest absolute Gasteiger partial charge is 0.490 e. The summed E-state index contributed by atoms with van der Waals surface area (Å²) < 4.78 is 6.04. The zero-order valence-electron chi connectivity index (χ0n) is 16.8. The predicted molar refractivity (Wildman–Crippen MR) is 109 cm³/mol. The standard InChI is InChI=1S/C23H32N2O2/c1-15(2)27-21-9-5-8-20-23(21)19(14-24-20)16(3)12-22(26)25-11-10-17-6-4-7-18(25)13-17/h5,8-9,14-18,24H,4,6-7,10-13H2,1-3H3. The number of nitrogens with one attached hydrogen (secondary N) is 1. The van der Waals surface area contributed by atoms with E-state index in [0.29, 0.717) is 18.4 Å². The van der Waals surface area contributed by atoms with E-state index in [4.69, 9.17) is 4.74 Å². The molecule has 146 valence electrons. The highest BCUT2D eigenvalue weighted by Crippen LogP contribution is 2.38. The number of rotatable bonds is 5. The second-order valence-corrected chi connectivity index (χ2v) is 8.76. The Hall–Kier alpha value is -1.97. The van der Waals surface area contributed by atoms with Gasteiger partial charge in [0.15, 0.2) is 0 Å². The van der Waals surface area contributed by atoms with Gasteiger partial charge in [-0.05, 0) is 62.6 Å². The second kappa shape index (κ2) is 7.57. The molecule has 1 amide bonds. The lowest BCUT2D eigenvalue weighted by atomic mass is 9.79. The molecule has 2 aliphatic rings. The summed E-state index contributed by atoms with van der Waals surface area (Å²) in [5, 5.41) is 1.13. The van der Waals surface area contributed by atoms with Crippen molar-refractivity contribution in [3.05, 3.63) is 30.0 Å². The minimum Gasteiger partial charge on any atom is -0.490 e. The molecule has 2 heterocycles. The van der Waals surface area contributed by atoms with E-state index in [1.165, 1.54) is 37.7 Å². The van der Waals surface area contributed by atoms with Crippen molar-refractivity contribution in [2.45, 2.75) is 77.4 Å². The molecule has 4 heteroatoms. The fourth-order valence-corrected chi connectivity index (χ4v) is 5.05. The lowest BCUT2D eigenvalue weighted by Gasteiger charge is -2.43. The van der Waals surface area contributed by atoms with E-state index in [2.05, 4.69) is 29.1 Å². The van der Waals surface area contributed by atoms with Gasteiger partial charge in [0.1, 0.15) is 5.75 Å². The van der Waals surface area contributed by atoms with E-state index in [1.54, 1.807) is 0 Å². The molecule has 2 bridgehead atoms. The van der Waals surface area contributed by atoms with Crippen LogP contribution in [-0.2, 0) is 4.79 Å². The molecule has 2 fully saturated rings. The van der Waals surface area contributed by atoms with Crippen LogP contribution >= 0.6 is 0 Å². The quantitative estimate of drug-likeness (QED) is 0.784. The number of benzene rings is 1. The van der Waals surface area contributed by atoms with Gasteiger partial charge in [0, 0.05) is 36.1 Å². The Labute approximate surface area is 162 Å². The van der Waals surface area contributed by atoms with Crippen LogP contribution in [0, 0.1) is 5.92 Å². The summed E-state index contributed by atoms with van der Waals surface area (Å²) in [5.74, 6) is 2.26. The van der Waals surface area contributed by atoms with Crippen LogP contribution in [0.1, 0.15) is 70.8 Å². The van der Waals surface area contributed by atoms with E-state index in [9.17, 15) is 4.79 Å². The zero-order valence-corrected chi connectivity index (χ0v) is 16.8.